The highest BCUT2D eigenvalue weighted by molar-refractivity contribution is 7.88. The van der Waals surface area contributed by atoms with Crippen LogP contribution in [0.4, 0.5) is 5.69 Å². The van der Waals surface area contributed by atoms with E-state index in [1.54, 1.807) is 31.3 Å². The molecule has 102 valence electrons. The molecule has 0 radical (unpaired) electrons. The molecule has 18 heavy (non-hydrogen) atoms. The van der Waals surface area contributed by atoms with E-state index in [2.05, 4.69) is 0 Å². The van der Waals surface area contributed by atoms with Gasteiger partial charge in [-0.1, -0.05) is 12.1 Å². The number of nitrogen functional groups attached to an aromatic ring is 1. The quantitative estimate of drug-likeness (QED) is 0.769. The van der Waals surface area contributed by atoms with E-state index in [9.17, 15) is 8.42 Å². The average molecular weight is 271 g/mol. The molecule has 0 aliphatic carbocycles. The molecule has 1 aromatic rings. The number of benzene rings is 1. The number of nitrogens with two attached hydrogens (primary N) is 1. The lowest BCUT2D eigenvalue weighted by molar-refractivity contribution is 0.358. The van der Waals surface area contributed by atoms with E-state index in [-0.39, 0.29) is 5.75 Å². The molecule has 0 aliphatic heterocycles. The predicted octanol–water partition coefficient (Wildman–Crippen LogP) is 0.592. The lowest BCUT2D eigenvalue weighted by Crippen LogP contribution is -2.34. The van der Waals surface area contributed by atoms with E-state index < -0.39 is 10.0 Å². The molecule has 1 rings (SSSR count). The fourth-order valence-electron chi connectivity index (χ4n) is 1.48. The Morgan fingerprint density at radius 1 is 1.17 bits per heavy atom. The van der Waals surface area contributed by atoms with Crippen LogP contribution in [0, 0.1) is 0 Å². The molecule has 0 fully saturated rings. The minimum atomic E-state index is -3.27. The first-order valence-corrected chi connectivity index (χ1v) is 7.35. The lowest BCUT2D eigenvalue weighted by Gasteiger charge is -2.19. The topological polar surface area (TPSA) is 66.6 Å². The molecule has 0 unspecified atom stereocenters. The maximum absolute atomic E-state index is 12.1. The van der Waals surface area contributed by atoms with Crippen molar-refractivity contribution in [2.75, 3.05) is 40.0 Å². The van der Waals surface area contributed by atoms with Gasteiger partial charge in [-0.3, -0.25) is 0 Å². The average Bonchev–Trinajstić information content (AvgIpc) is 2.25. The van der Waals surface area contributed by atoms with Crippen LogP contribution in [-0.4, -0.2) is 51.9 Å². The van der Waals surface area contributed by atoms with E-state index in [4.69, 9.17) is 5.73 Å². The van der Waals surface area contributed by atoms with Crippen molar-refractivity contribution in [2.45, 2.75) is 5.75 Å². The van der Waals surface area contributed by atoms with Crippen molar-refractivity contribution in [3.8, 4) is 0 Å². The van der Waals surface area contributed by atoms with Gasteiger partial charge in [-0.2, -0.15) is 0 Å². The Morgan fingerprint density at radius 2 is 1.83 bits per heavy atom. The number of anilines is 1. The lowest BCUT2D eigenvalue weighted by atomic mass is 10.2. The van der Waals surface area contributed by atoms with Gasteiger partial charge in [0.1, 0.15) is 0 Å². The Kier molecular flexibility index (Phi) is 5.13. The number of sulfonamides is 1. The number of rotatable bonds is 6. The highest BCUT2D eigenvalue weighted by Crippen LogP contribution is 2.12. The van der Waals surface area contributed by atoms with Crippen LogP contribution >= 0.6 is 0 Å². The van der Waals surface area contributed by atoms with Gasteiger partial charge >= 0.3 is 0 Å². The van der Waals surface area contributed by atoms with Crippen LogP contribution in [0.5, 0.6) is 0 Å². The molecule has 5 nitrogen and oxygen atoms in total. The van der Waals surface area contributed by atoms with Gasteiger partial charge in [0.2, 0.25) is 10.0 Å². The summed E-state index contributed by atoms with van der Waals surface area (Å²) in [7, 11) is 2.16. The normalized spacial score (nSPS) is 12.3. The maximum Gasteiger partial charge on any atom is 0.218 e. The van der Waals surface area contributed by atoms with Gasteiger partial charge in [-0.25, -0.2) is 12.7 Å². The molecular formula is C12H21N3O2S. The zero-order chi connectivity index (χ0) is 13.8. The zero-order valence-electron chi connectivity index (χ0n) is 11.1. The fraction of sp³-hybridized carbons (Fsp3) is 0.500. The molecule has 1 aromatic carbocycles. The third-order valence-corrected chi connectivity index (χ3v) is 4.47. The van der Waals surface area contributed by atoms with Crippen molar-refractivity contribution < 1.29 is 8.42 Å². The van der Waals surface area contributed by atoms with Gasteiger partial charge in [-0.15, -0.1) is 0 Å². The number of hydrogen-bond acceptors (Lipinski definition) is 4. The van der Waals surface area contributed by atoms with Crippen LogP contribution in [-0.2, 0) is 15.8 Å². The van der Waals surface area contributed by atoms with Crippen molar-refractivity contribution in [3.05, 3.63) is 29.8 Å². The van der Waals surface area contributed by atoms with E-state index >= 15 is 0 Å². The van der Waals surface area contributed by atoms with E-state index in [0.717, 1.165) is 0 Å². The molecule has 0 aromatic heterocycles. The van der Waals surface area contributed by atoms with Gasteiger partial charge in [0, 0.05) is 25.8 Å². The van der Waals surface area contributed by atoms with Crippen molar-refractivity contribution >= 4 is 15.7 Å². The first-order valence-electron chi connectivity index (χ1n) is 5.74. The monoisotopic (exact) mass is 271 g/mol. The standard InChI is InChI=1S/C12H21N3O2S/c1-14(2)7-8-15(3)18(16,17)10-11-5-4-6-12(13)9-11/h4-6,9H,7-8,10,13H2,1-3H3. The van der Waals surface area contributed by atoms with Crippen molar-refractivity contribution in [1.82, 2.24) is 9.21 Å². The second kappa shape index (κ2) is 6.17. The molecule has 6 heteroatoms. The van der Waals surface area contributed by atoms with Crippen LogP contribution in [0.3, 0.4) is 0 Å². The summed E-state index contributed by atoms with van der Waals surface area (Å²) in [6.45, 7) is 1.18. The molecule has 0 aliphatic rings. The zero-order valence-corrected chi connectivity index (χ0v) is 11.9. The Labute approximate surface area is 109 Å². The predicted molar refractivity (Wildman–Crippen MR) is 74.7 cm³/mol. The van der Waals surface area contributed by atoms with Crippen LogP contribution in [0.1, 0.15) is 5.56 Å². The Hall–Kier alpha value is -1.11. The Balaban J connectivity index is 2.69. The molecule has 0 bridgehead atoms. The summed E-state index contributed by atoms with van der Waals surface area (Å²) in [5.74, 6) is -0.0119. The first kappa shape index (κ1) is 14.9. The second-order valence-electron chi connectivity index (χ2n) is 4.63. The third kappa shape index (κ3) is 4.64. The Bertz CT molecular complexity index is 486. The summed E-state index contributed by atoms with van der Waals surface area (Å²) >= 11 is 0. The molecule has 0 atom stereocenters. The van der Waals surface area contributed by atoms with Crippen molar-refractivity contribution in [3.63, 3.8) is 0 Å². The van der Waals surface area contributed by atoms with Crippen LogP contribution < -0.4 is 5.73 Å². The van der Waals surface area contributed by atoms with E-state index in [1.807, 2.05) is 19.0 Å². The maximum atomic E-state index is 12.1. The largest absolute Gasteiger partial charge is 0.399 e. The van der Waals surface area contributed by atoms with Crippen molar-refractivity contribution in [1.29, 1.82) is 0 Å². The molecule has 0 heterocycles. The van der Waals surface area contributed by atoms with Gasteiger partial charge in [0.25, 0.3) is 0 Å². The molecular weight excluding hydrogens is 250 g/mol. The number of nitrogens with zero attached hydrogens (tertiary/aromatic N) is 2. The third-order valence-electron chi connectivity index (χ3n) is 2.64. The van der Waals surface area contributed by atoms with Gasteiger partial charge in [0.05, 0.1) is 5.75 Å². The minimum Gasteiger partial charge on any atom is -0.399 e. The van der Waals surface area contributed by atoms with Gasteiger partial charge in [0.15, 0.2) is 0 Å². The van der Waals surface area contributed by atoms with Gasteiger partial charge < -0.3 is 10.6 Å². The van der Waals surface area contributed by atoms with Crippen molar-refractivity contribution in [2.24, 2.45) is 0 Å². The minimum absolute atomic E-state index is 0.0119. The second-order valence-corrected chi connectivity index (χ2v) is 6.70. The molecule has 0 saturated heterocycles. The molecule has 0 amide bonds. The summed E-state index contributed by atoms with van der Waals surface area (Å²) in [6, 6.07) is 6.97. The highest BCUT2D eigenvalue weighted by atomic mass is 32.2. The number of hydrogen-bond donors (Lipinski definition) is 1. The van der Waals surface area contributed by atoms with Gasteiger partial charge in [-0.05, 0) is 31.8 Å². The first-order chi connectivity index (χ1) is 8.31. The van der Waals surface area contributed by atoms with E-state index in [0.29, 0.717) is 24.3 Å². The highest BCUT2D eigenvalue weighted by Gasteiger charge is 2.18. The van der Waals surface area contributed by atoms with Crippen LogP contribution in [0.25, 0.3) is 0 Å². The summed E-state index contributed by atoms with van der Waals surface area (Å²) < 4.78 is 25.6. The van der Waals surface area contributed by atoms with E-state index in [1.165, 1.54) is 4.31 Å². The number of likely N-dealkylation sites (N-methyl/N-ethyl adjacent to an activating group) is 2. The smallest absolute Gasteiger partial charge is 0.218 e. The van der Waals surface area contributed by atoms with Crippen LogP contribution in [0.2, 0.25) is 0 Å². The fourth-order valence-corrected chi connectivity index (χ4v) is 2.66. The SMILES string of the molecule is CN(C)CCN(C)S(=O)(=O)Cc1cccc(N)c1. The summed E-state index contributed by atoms with van der Waals surface area (Å²) in [4.78, 5) is 1.95. The van der Waals surface area contributed by atoms with Crippen LogP contribution in [0.15, 0.2) is 24.3 Å². The summed E-state index contributed by atoms with van der Waals surface area (Å²) in [5, 5.41) is 0. The Morgan fingerprint density at radius 3 is 2.39 bits per heavy atom. The molecule has 2 N–H and O–H groups in total. The summed E-state index contributed by atoms with van der Waals surface area (Å²) in [6.07, 6.45) is 0. The molecule has 0 saturated carbocycles. The molecule has 0 spiro atoms. The summed E-state index contributed by atoms with van der Waals surface area (Å²) in [5.41, 5.74) is 6.93.